The van der Waals surface area contributed by atoms with Gasteiger partial charge in [-0.1, -0.05) is 23.7 Å². The maximum atomic E-state index is 13.6. The van der Waals surface area contributed by atoms with E-state index in [2.05, 4.69) is 29.7 Å². The van der Waals surface area contributed by atoms with Crippen LogP contribution in [0.5, 0.6) is 0 Å². The van der Waals surface area contributed by atoms with E-state index in [0.29, 0.717) is 17.7 Å². The van der Waals surface area contributed by atoms with E-state index in [0.717, 1.165) is 48.0 Å². The second-order valence-corrected chi connectivity index (χ2v) is 9.75. The number of nitrogens with zero attached hydrogens (tertiary/aromatic N) is 3. The van der Waals surface area contributed by atoms with Gasteiger partial charge in [-0.25, -0.2) is 4.39 Å². The predicted molar refractivity (Wildman–Crippen MR) is 122 cm³/mol. The Morgan fingerprint density at radius 3 is 2.58 bits per heavy atom. The van der Waals surface area contributed by atoms with Crippen molar-refractivity contribution in [3.05, 3.63) is 64.6 Å². The van der Waals surface area contributed by atoms with Crippen LogP contribution in [-0.2, 0) is 10.2 Å². The number of halogens is 2. The van der Waals surface area contributed by atoms with Crippen molar-refractivity contribution in [1.82, 2.24) is 14.7 Å². The van der Waals surface area contributed by atoms with Gasteiger partial charge in [0.2, 0.25) is 0 Å². The lowest BCUT2D eigenvalue weighted by molar-refractivity contribution is 0.00695. The molecule has 6 heteroatoms. The molecule has 5 rings (SSSR count). The topological polar surface area (TPSA) is 30.3 Å². The van der Waals surface area contributed by atoms with Crippen LogP contribution < -0.4 is 0 Å². The van der Waals surface area contributed by atoms with Crippen LogP contribution in [0.3, 0.4) is 0 Å². The van der Waals surface area contributed by atoms with Crippen molar-refractivity contribution in [3.63, 3.8) is 0 Å². The second kappa shape index (κ2) is 8.19. The molecule has 1 saturated carbocycles. The summed E-state index contributed by atoms with van der Waals surface area (Å²) < 4.78 is 22.2. The highest BCUT2D eigenvalue weighted by atomic mass is 35.5. The first-order chi connectivity index (χ1) is 14.9. The molecule has 1 saturated heterocycles. The Morgan fingerprint density at radius 2 is 1.90 bits per heavy atom. The van der Waals surface area contributed by atoms with Gasteiger partial charge in [-0.2, -0.15) is 5.10 Å². The Kier molecular flexibility index (Phi) is 5.53. The summed E-state index contributed by atoms with van der Waals surface area (Å²) in [6.45, 7) is 4.67. The highest BCUT2D eigenvalue weighted by molar-refractivity contribution is 6.31. The molecular weight excluding hydrogens is 413 g/mol. The molecule has 0 amide bonds. The third kappa shape index (κ3) is 4.23. The van der Waals surface area contributed by atoms with Gasteiger partial charge >= 0.3 is 0 Å². The minimum Gasteiger partial charge on any atom is -0.373 e. The second-order valence-electron chi connectivity index (χ2n) is 9.32. The summed E-state index contributed by atoms with van der Waals surface area (Å²) in [5, 5.41) is 6.63. The minimum absolute atomic E-state index is 0.112. The summed E-state index contributed by atoms with van der Waals surface area (Å²) >= 11 is 6.44. The fourth-order valence-corrected chi connectivity index (χ4v) is 4.95. The smallest absolute Gasteiger partial charge is 0.123 e. The molecule has 164 valence electrons. The number of likely N-dealkylation sites (tertiary alicyclic amines) is 1. The van der Waals surface area contributed by atoms with E-state index in [1.54, 1.807) is 12.1 Å². The number of hydrogen-bond acceptors (Lipinski definition) is 3. The Morgan fingerprint density at radius 1 is 1.19 bits per heavy atom. The van der Waals surface area contributed by atoms with Gasteiger partial charge in [0.15, 0.2) is 0 Å². The highest BCUT2D eigenvalue weighted by Gasteiger charge is 2.36. The first kappa shape index (κ1) is 20.9. The summed E-state index contributed by atoms with van der Waals surface area (Å²) in [6, 6.07) is 11.4. The zero-order valence-corrected chi connectivity index (χ0v) is 18.9. The number of piperidine rings is 1. The number of benzene rings is 2. The number of aromatic nitrogens is 2. The molecule has 1 aliphatic heterocycles. The molecule has 2 aromatic carbocycles. The van der Waals surface area contributed by atoms with Gasteiger partial charge in [0, 0.05) is 27.6 Å². The van der Waals surface area contributed by atoms with Crippen molar-refractivity contribution in [2.45, 2.75) is 50.2 Å². The van der Waals surface area contributed by atoms with Crippen molar-refractivity contribution in [3.8, 4) is 0 Å². The molecule has 0 spiro atoms. The van der Waals surface area contributed by atoms with Crippen molar-refractivity contribution < 1.29 is 9.13 Å². The molecule has 0 bridgehead atoms. The summed E-state index contributed by atoms with van der Waals surface area (Å²) in [4.78, 5) is 2.34. The molecule has 1 aliphatic carbocycles. The van der Waals surface area contributed by atoms with Crippen molar-refractivity contribution in [2.24, 2.45) is 0 Å². The molecule has 31 heavy (non-hydrogen) atoms. The Bertz CT molecular complexity index is 1070. The normalized spacial score (nSPS) is 20.3. The maximum absolute atomic E-state index is 13.6. The van der Waals surface area contributed by atoms with E-state index in [1.807, 2.05) is 24.3 Å². The molecule has 4 nitrogen and oxygen atoms in total. The quantitative estimate of drug-likeness (QED) is 0.476. The first-order valence-corrected chi connectivity index (χ1v) is 11.6. The average molecular weight is 442 g/mol. The van der Waals surface area contributed by atoms with E-state index in [-0.39, 0.29) is 17.3 Å². The predicted octanol–water partition coefficient (Wildman–Crippen LogP) is 5.90. The van der Waals surface area contributed by atoms with Crippen LogP contribution in [0.1, 0.15) is 55.9 Å². The molecule has 0 N–H and O–H groups in total. The van der Waals surface area contributed by atoms with E-state index < -0.39 is 0 Å². The van der Waals surface area contributed by atoms with Crippen LogP contribution >= 0.6 is 11.6 Å². The Hall–Kier alpha value is -1.95. The average Bonchev–Trinajstić information content (AvgIpc) is 3.53. The van der Waals surface area contributed by atoms with Gasteiger partial charge in [0.05, 0.1) is 24.3 Å². The van der Waals surface area contributed by atoms with Crippen LogP contribution in [0, 0.1) is 5.82 Å². The van der Waals surface area contributed by atoms with Gasteiger partial charge in [0.1, 0.15) is 5.82 Å². The van der Waals surface area contributed by atoms with Crippen LogP contribution in [0.15, 0.2) is 42.6 Å². The van der Waals surface area contributed by atoms with Gasteiger partial charge in [-0.15, -0.1) is 0 Å². The van der Waals surface area contributed by atoms with Gasteiger partial charge < -0.3 is 9.64 Å². The number of rotatable bonds is 6. The van der Waals surface area contributed by atoms with Crippen LogP contribution in [0.2, 0.25) is 5.02 Å². The molecule has 1 unspecified atom stereocenters. The summed E-state index contributed by atoms with van der Waals surface area (Å²) in [7, 11) is 2.15. The van der Waals surface area contributed by atoms with Crippen LogP contribution in [0.25, 0.3) is 10.9 Å². The van der Waals surface area contributed by atoms with Crippen LogP contribution in [-0.4, -0.2) is 41.4 Å². The monoisotopic (exact) mass is 441 g/mol. The molecule has 1 atom stereocenters. The van der Waals surface area contributed by atoms with Crippen LogP contribution in [0.4, 0.5) is 4.39 Å². The van der Waals surface area contributed by atoms with E-state index in [9.17, 15) is 4.39 Å². The lowest BCUT2D eigenvalue weighted by atomic mass is 9.73. The standard InChI is InChI=1S/C25H29ClFN3O/c1-17(23-14-20(26)13-18-15-30(22-7-8-22)28-24(18)23)31-16-25(9-11-29(2)12-10-25)19-3-5-21(27)6-4-19/h3-6,13-15,17,22H,7-12,16H2,1-2H3. The van der Waals surface area contributed by atoms with Gasteiger partial charge in [-0.05, 0) is 82.6 Å². The fourth-order valence-electron chi connectivity index (χ4n) is 4.72. The molecule has 2 heterocycles. The lowest BCUT2D eigenvalue weighted by Gasteiger charge is -2.41. The first-order valence-electron chi connectivity index (χ1n) is 11.2. The van der Waals surface area contributed by atoms with E-state index in [4.69, 9.17) is 21.4 Å². The maximum Gasteiger partial charge on any atom is 0.123 e. The number of hydrogen-bond donors (Lipinski definition) is 0. The van der Waals surface area contributed by atoms with Crippen molar-refractivity contribution >= 4 is 22.5 Å². The fraction of sp³-hybridized carbons (Fsp3) is 0.480. The summed E-state index contributed by atoms with van der Waals surface area (Å²) in [5.74, 6) is -0.200. The van der Waals surface area contributed by atoms with Crippen molar-refractivity contribution in [2.75, 3.05) is 26.7 Å². The molecule has 2 fully saturated rings. The lowest BCUT2D eigenvalue weighted by Crippen LogP contribution is -2.44. The zero-order chi connectivity index (χ0) is 21.6. The molecular formula is C25H29ClFN3O. The molecule has 2 aliphatic rings. The van der Waals surface area contributed by atoms with Gasteiger partial charge in [-0.3, -0.25) is 4.68 Å². The summed E-state index contributed by atoms with van der Waals surface area (Å²) in [5.41, 5.74) is 3.05. The summed E-state index contributed by atoms with van der Waals surface area (Å²) in [6.07, 6.45) is 6.33. The Labute approximate surface area is 187 Å². The molecule has 0 radical (unpaired) electrons. The molecule has 1 aromatic heterocycles. The Balaban J connectivity index is 1.41. The highest BCUT2D eigenvalue weighted by Crippen LogP contribution is 2.39. The number of fused-ring (bicyclic) bond motifs is 1. The minimum atomic E-state index is -0.200. The number of ether oxygens (including phenoxy) is 1. The third-order valence-corrected chi connectivity index (χ3v) is 7.21. The third-order valence-electron chi connectivity index (χ3n) is 6.99. The van der Waals surface area contributed by atoms with Gasteiger partial charge in [0.25, 0.3) is 0 Å². The molecule has 3 aromatic rings. The van der Waals surface area contributed by atoms with E-state index in [1.165, 1.54) is 12.8 Å². The van der Waals surface area contributed by atoms with Crippen molar-refractivity contribution in [1.29, 1.82) is 0 Å². The SMILES string of the molecule is CC(OCC1(c2ccc(F)cc2)CCN(C)CC1)c1cc(Cl)cc2cn(C3CC3)nc12. The van der Waals surface area contributed by atoms with E-state index >= 15 is 0 Å². The largest absolute Gasteiger partial charge is 0.373 e. The zero-order valence-electron chi connectivity index (χ0n) is 18.2.